The number of para-hydroxylation sites is 1. The van der Waals surface area contributed by atoms with Crippen LogP contribution in [0.2, 0.25) is 0 Å². The summed E-state index contributed by atoms with van der Waals surface area (Å²) in [6.45, 7) is 0. The van der Waals surface area contributed by atoms with E-state index in [9.17, 15) is 13.3 Å². The molecule has 0 aromatic heterocycles. The fraction of sp³-hybridized carbons (Fsp3) is 0.0769. The zero-order valence-electron chi connectivity index (χ0n) is 11.1. The maximum absolute atomic E-state index is 12.3. The molecular formula is C13H13N3O4S+. The molecule has 2 rings (SSSR count). The first-order valence-electron chi connectivity index (χ1n) is 5.83. The fourth-order valence-electron chi connectivity index (χ4n) is 1.68. The average molecular weight is 307 g/mol. The van der Waals surface area contributed by atoms with Gasteiger partial charge in [0.1, 0.15) is 5.75 Å². The number of sulfonamides is 1. The van der Waals surface area contributed by atoms with E-state index in [0.29, 0.717) is 5.75 Å². The molecule has 7 nitrogen and oxygen atoms in total. The number of nitrogens with zero attached hydrogens (tertiary/aromatic N) is 1. The average Bonchev–Trinajstić information content (AvgIpc) is 2.47. The van der Waals surface area contributed by atoms with Crippen molar-refractivity contribution in [2.24, 2.45) is 5.84 Å². The van der Waals surface area contributed by atoms with Crippen molar-refractivity contribution in [3.05, 3.63) is 53.4 Å². The second kappa shape index (κ2) is 5.80. The van der Waals surface area contributed by atoms with Gasteiger partial charge in [0.15, 0.2) is 9.76 Å². The van der Waals surface area contributed by atoms with E-state index in [1.165, 1.54) is 31.4 Å². The lowest BCUT2D eigenvalue weighted by molar-refractivity contribution is -0.477. The summed E-state index contributed by atoms with van der Waals surface area (Å²) in [6, 6.07) is 13.1. The Balaban J connectivity index is 2.47. The van der Waals surface area contributed by atoms with E-state index in [1.54, 1.807) is 18.2 Å². The second-order valence-corrected chi connectivity index (χ2v) is 5.69. The lowest BCUT2D eigenvalue weighted by atomic mass is 10.3. The van der Waals surface area contributed by atoms with Crippen LogP contribution in [0.15, 0.2) is 47.4 Å². The number of hydrogen-bond donors (Lipinski definition) is 2. The molecule has 0 bridgehead atoms. The Kier molecular flexibility index (Phi) is 4.08. The molecule has 0 saturated carbocycles. The summed E-state index contributed by atoms with van der Waals surface area (Å²) in [5.74, 6) is 5.47. The van der Waals surface area contributed by atoms with Crippen LogP contribution in [-0.2, 0) is 10.0 Å². The second-order valence-electron chi connectivity index (χ2n) is 4.04. The molecule has 2 aromatic carbocycles. The van der Waals surface area contributed by atoms with Gasteiger partial charge in [-0.25, -0.2) is 8.42 Å². The van der Waals surface area contributed by atoms with Gasteiger partial charge in [0.25, 0.3) is 10.0 Å². The molecule has 109 valence electrons. The number of nitroso groups, excluding NO2 is 1. The molecule has 0 aliphatic carbocycles. The first-order valence-corrected chi connectivity index (χ1v) is 7.32. The third kappa shape index (κ3) is 3.29. The molecule has 0 spiro atoms. The molecule has 0 unspecified atom stereocenters. The number of benzene rings is 2. The highest BCUT2D eigenvalue weighted by atomic mass is 32.2. The molecular weight excluding hydrogens is 294 g/mol. The summed E-state index contributed by atoms with van der Waals surface area (Å²) in [7, 11) is -2.57. The summed E-state index contributed by atoms with van der Waals surface area (Å²) in [5.41, 5.74) is 0.0338. The van der Waals surface area contributed by atoms with Crippen LogP contribution in [0.5, 0.6) is 5.75 Å². The number of methoxy groups -OCH3 is 1. The van der Waals surface area contributed by atoms with Crippen molar-refractivity contribution in [2.75, 3.05) is 11.8 Å². The third-order valence-electron chi connectivity index (χ3n) is 2.65. The molecule has 0 saturated heterocycles. The predicted molar refractivity (Wildman–Crippen MR) is 76.6 cm³/mol. The van der Waals surface area contributed by atoms with E-state index in [4.69, 9.17) is 10.6 Å². The van der Waals surface area contributed by atoms with Crippen LogP contribution in [0, 0.1) is 11.0 Å². The normalized spacial score (nSPS) is 10.9. The maximum atomic E-state index is 12.3. The number of hydrazine groups is 1. The van der Waals surface area contributed by atoms with Gasteiger partial charge in [0.2, 0.25) is 0 Å². The van der Waals surface area contributed by atoms with Crippen molar-refractivity contribution in [3.8, 4) is 5.75 Å². The van der Waals surface area contributed by atoms with Crippen molar-refractivity contribution >= 4 is 21.4 Å². The Bertz CT molecular complexity index is 760. The topological polar surface area (TPSA) is 102 Å². The number of anilines is 1. The summed E-state index contributed by atoms with van der Waals surface area (Å²) in [6.07, 6.45) is 0. The minimum absolute atomic E-state index is 0.0220. The number of nitrogens with two attached hydrogens (primary N) is 1. The first kappa shape index (κ1) is 14.8. The highest BCUT2D eigenvalue weighted by Crippen LogP contribution is 2.28. The Labute approximate surface area is 121 Å². The van der Waals surface area contributed by atoms with Gasteiger partial charge in [-0.1, -0.05) is 18.2 Å². The zero-order valence-corrected chi connectivity index (χ0v) is 11.9. The van der Waals surface area contributed by atoms with E-state index in [0.717, 1.165) is 0 Å². The number of nitrogens with one attached hydrogen (secondary N) is 1. The van der Waals surface area contributed by atoms with Crippen LogP contribution in [0.25, 0.3) is 0 Å². The Morgan fingerprint density at radius 1 is 1.29 bits per heavy atom. The van der Waals surface area contributed by atoms with Gasteiger partial charge < -0.3 is 4.74 Å². The van der Waals surface area contributed by atoms with Gasteiger partial charge in [0, 0.05) is 6.07 Å². The monoisotopic (exact) mass is 307 g/mol. The summed E-state index contributed by atoms with van der Waals surface area (Å²) < 4.78 is 31.9. The van der Waals surface area contributed by atoms with Crippen molar-refractivity contribution < 1.29 is 18.0 Å². The third-order valence-corrected chi connectivity index (χ3v) is 4.06. The molecule has 1 radical (unpaired) electrons. The molecule has 8 heteroatoms. The minimum Gasteiger partial charge on any atom is -0.496 e. The van der Waals surface area contributed by atoms with Crippen LogP contribution in [0.3, 0.4) is 0 Å². The van der Waals surface area contributed by atoms with Crippen molar-refractivity contribution in [3.63, 3.8) is 0 Å². The van der Waals surface area contributed by atoms with E-state index in [1.807, 2.05) is 0 Å². The molecule has 21 heavy (non-hydrogen) atoms. The molecule has 0 atom stereocenters. The number of hydrogen-bond acceptors (Lipinski definition) is 4. The Hall–Kier alpha value is -2.61. The minimum atomic E-state index is -3.97. The molecule has 0 aliphatic rings. The van der Waals surface area contributed by atoms with Crippen LogP contribution in [-0.4, -0.2) is 20.4 Å². The lowest BCUT2D eigenvalue weighted by Crippen LogP contribution is -2.18. The van der Waals surface area contributed by atoms with Gasteiger partial charge in [0.05, 0.1) is 23.8 Å². The molecule has 0 heterocycles. The molecule has 0 fully saturated rings. The van der Waals surface area contributed by atoms with E-state index >= 15 is 0 Å². The van der Waals surface area contributed by atoms with Crippen LogP contribution in [0.1, 0.15) is 0 Å². The summed E-state index contributed by atoms with van der Waals surface area (Å²) >= 11 is 0. The van der Waals surface area contributed by atoms with Crippen LogP contribution >= 0.6 is 0 Å². The zero-order chi connectivity index (χ0) is 15.5. The van der Waals surface area contributed by atoms with Gasteiger partial charge >= 0.3 is 5.69 Å². The highest BCUT2D eigenvalue weighted by molar-refractivity contribution is 7.92. The van der Waals surface area contributed by atoms with Gasteiger partial charge in [-0.3, -0.25) is 4.72 Å². The van der Waals surface area contributed by atoms with E-state index in [-0.39, 0.29) is 21.1 Å². The number of rotatable bonds is 5. The van der Waals surface area contributed by atoms with Gasteiger partial charge in [-0.05, 0) is 18.2 Å². The van der Waals surface area contributed by atoms with Crippen molar-refractivity contribution in [1.29, 1.82) is 0 Å². The predicted octanol–water partition coefficient (Wildman–Crippen LogP) is 1.58. The van der Waals surface area contributed by atoms with Crippen LogP contribution < -0.4 is 15.3 Å². The Morgan fingerprint density at radius 2 is 2.05 bits per heavy atom. The Morgan fingerprint density at radius 3 is 2.62 bits per heavy atom. The van der Waals surface area contributed by atoms with E-state index in [2.05, 4.69) is 10.8 Å². The largest absolute Gasteiger partial charge is 0.496 e. The van der Waals surface area contributed by atoms with Crippen molar-refractivity contribution in [1.82, 2.24) is 0 Å². The standard InChI is InChI=1S/C13H13N3O4S/c1-20-11-7-8-13(12(9-11)16(14)17)21(18,19)15-10-5-3-2-4-6-10/h2-5,7-9,15H,1H3,(H2,14,17)/q+1. The molecule has 0 amide bonds. The maximum Gasteiger partial charge on any atom is 0.315 e. The SMILES string of the molecule is COc1ccc(S(=O)(=O)Nc2[c]cccc2)c([N+](N)=O)c1. The quantitative estimate of drug-likeness (QED) is 0.496. The van der Waals surface area contributed by atoms with Gasteiger partial charge in [-0.2, -0.15) is 5.84 Å². The first-order chi connectivity index (χ1) is 9.94. The molecule has 3 N–H and O–H groups in total. The fourth-order valence-corrected chi connectivity index (χ4v) is 2.88. The molecule has 0 aliphatic heterocycles. The van der Waals surface area contributed by atoms with E-state index < -0.39 is 10.0 Å². The summed E-state index contributed by atoms with van der Waals surface area (Å²) in [5, 5.41) is 0. The number of ether oxygens (including phenoxy) is 1. The smallest absolute Gasteiger partial charge is 0.315 e. The lowest BCUT2D eigenvalue weighted by Gasteiger charge is -2.08. The van der Waals surface area contributed by atoms with Crippen molar-refractivity contribution in [2.45, 2.75) is 4.90 Å². The van der Waals surface area contributed by atoms with Crippen LogP contribution in [0.4, 0.5) is 11.4 Å². The van der Waals surface area contributed by atoms with Gasteiger partial charge in [-0.15, -0.1) is 0 Å². The summed E-state index contributed by atoms with van der Waals surface area (Å²) in [4.78, 5) is 11.1. The molecule has 2 aromatic rings. The highest BCUT2D eigenvalue weighted by Gasteiger charge is 2.28.